The molecule has 0 aliphatic heterocycles. The maximum Gasteiger partial charge on any atom is 0.407 e. The van der Waals surface area contributed by atoms with Crippen molar-refractivity contribution in [1.82, 2.24) is 10.6 Å². The first-order chi connectivity index (χ1) is 16.9. The molecule has 4 rings (SSSR count). The summed E-state index contributed by atoms with van der Waals surface area (Å²) in [5.74, 6) is -1.96. The molecule has 7 nitrogen and oxygen atoms in total. The van der Waals surface area contributed by atoms with Gasteiger partial charge in [-0.25, -0.2) is 4.79 Å². The van der Waals surface area contributed by atoms with Crippen molar-refractivity contribution in [3.63, 3.8) is 0 Å². The second-order valence-electron chi connectivity index (χ2n) is 9.78. The molecule has 35 heavy (non-hydrogen) atoms. The number of carboxylic acids is 1. The number of hydrogen-bond donors (Lipinski definition) is 3. The highest BCUT2D eigenvalue weighted by Crippen LogP contribution is 2.44. The fraction of sp³-hybridized carbons (Fsp3) is 0.464. The number of fused-ring (bicyclic) bond motifs is 3. The lowest BCUT2D eigenvalue weighted by Gasteiger charge is -2.29. The number of rotatable bonds is 8. The maximum atomic E-state index is 12.7. The number of carboxylic acid groups (broad SMARTS) is 1. The Morgan fingerprint density at radius 3 is 2.20 bits per heavy atom. The molecule has 2 aliphatic carbocycles. The summed E-state index contributed by atoms with van der Waals surface area (Å²) in [4.78, 5) is 36.7. The smallest absolute Gasteiger partial charge is 0.407 e. The molecule has 186 valence electrons. The van der Waals surface area contributed by atoms with E-state index in [0.29, 0.717) is 13.0 Å². The van der Waals surface area contributed by atoms with Crippen molar-refractivity contribution < 1.29 is 24.2 Å². The molecule has 7 heteroatoms. The highest BCUT2D eigenvalue weighted by molar-refractivity contribution is 5.81. The Labute approximate surface area is 206 Å². The minimum Gasteiger partial charge on any atom is -0.481 e. The largest absolute Gasteiger partial charge is 0.481 e. The van der Waals surface area contributed by atoms with E-state index in [9.17, 15) is 19.5 Å². The van der Waals surface area contributed by atoms with E-state index in [0.717, 1.165) is 30.4 Å². The van der Waals surface area contributed by atoms with Crippen LogP contribution in [0.2, 0.25) is 0 Å². The first kappa shape index (κ1) is 24.8. The molecule has 2 amide bonds. The summed E-state index contributed by atoms with van der Waals surface area (Å²) >= 11 is 0. The van der Waals surface area contributed by atoms with Gasteiger partial charge in [-0.1, -0.05) is 68.3 Å². The second kappa shape index (κ2) is 10.9. The fourth-order valence-corrected chi connectivity index (χ4v) is 5.35. The molecule has 2 aromatic rings. The van der Waals surface area contributed by atoms with E-state index in [1.807, 2.05) is 24.3 Å². The molecule has 2 unspecified atom stereocenters. The van der Waals surface area contributed by atoms with Gasteiger partial charge in [0.15, 0.2) is 0 Å². The fourth-order valence-electron chi connectivity index (χ4n) is 5.35. The van der Waals surface area contributed by atoms with Crippen molar-refractivity contribution in [2.24, 2.45) is 17.8 Å². The average Bonchev–Trinajstić information content (AvgIpc) is 3.19. The summed E-state index contributed by atoms with van der Waals surface area (Å²) in [6.07, 6.45) is 2.81. The first-order valence-electron chi connectivity index (χ1n) is 12.5. The van der Waals surface area contributed by atoms with E-state index in [1.165, 1.54) is 11.1 Å². The zero-order valence-corrected chi connectivity index (χ0v) is 20.3. The van der Waals surface area contributed by atoms with Gasteiger partial charge in [0.2, 0.25) is 5.91 Å². The van der Waals surface area contributed by atoms with Crippen LogP contribution >= 0.6 is 0 Å². The van der Waals surface area contributed by atoms with Gasteiger partial charge in [0.1, 0.15) is 6.61 Å². The van der Waals surface area contributed by atoms with Crippen molar-refractivity contribution in [1.29, 1.82) is 0 Å². The lowest BCUT2D eigenvalue weighted by Crippen LogP contribution is -2.46. The SMILES string of the molecule is CC(NC(=O)OCC1c2ccccc2-c2ccccc21)C(C)C(=O)NC[C@@H]1CCCC[C@@H]1C(=O)O. The predicted octanol–water partition coefficient (Wildman–Crippen LogP) is 4.56. The summed E-state index contributed by atoms with van der Waals surface area (Å²) in [7, 11) is 0. The molecule has 0 spiro atoms. The van der Waals surface area contributed by atoms with Crippen LogP contribution < -0.4 is 10.6 Å². The molecule has 0 bridgehead atoms. The summed E-state index contributed by atoms with van der Waals surface area (Å²) in [6.45, 7) is 4.08. The van der Waals surface area contributed by atoms with Crippen molar-refractivity contribution in [2.45, 2.75) is 51.5 Å². The van der Waals surface area contributed by atoms with Crippen LogP contribution in [-0.2, 0) is 14.3 Å². The van der Waals surface area contributed by atoms with Crippen molar-refractivity contribution >= 4 is 18.0 Å². The van der Waals surface area contributed by atoms with Gasteiger partial charge >= 0.3 is 12.1 Å². The quantitative estimate of drug-likeness (QED) is 0.516. The highest BCUT2D eigenvalue weighted by atomic mass is 16.5. The Bertz CT molecular complexity index is 1040. The monoisotopic (exact) mass is 478 g/mol. The molecule has 1 saturated carbocycles. The molecule has 0 radical (unpaired) electrons. The topological polar surface area (TPSA) is 105 Å². The lowest BCUT2D eigenvalue weighted by atomic mass is 9.79. The molecule has 2 aliphatic rings. The molecule has 2 aromatic carbocycles. The van der Waals surface area contributed by atoms with Gasteiger partial charge in [-0.3, -0.25) is 9.59 Å². The summed E-state index contributed by atoms with van der Waals surface area (Å²) in [5, 5.41) is 15.1. The molecule has 1 fully saturated rings. The number of ether oxygens (including phenoxy) is 1. The van der Waals surface area contributed by atoms with Crippen LogP contribution in [0.25, 0.3) is 11.1 Å². The van der Waals surface area contributed by atoms with Crippen molar-refractivity contribution in [3.8, 4) is 11.1 Å². The van der Waals surface area contributed by atoms with Gasteiger partial charge in [0, 0.05) is 18.5 Å². The van der Waals surface area contributed by atoms with Gasteiger partial charge in [0.25, 0.3) is 0 Å². The summed E-state index contributed by atoms with van der Waals surface area (Å²) in [5.41, 5.74) is 4.62. The number of carbonyl (C=O) groups is 3. The Morgan fingerprint density at radius 1 is 0.971 bits per heavy atom. The number of benzene rings is 2. The van der Waals surface area contributed by atoms with E-state index in [2.05, 4.69) is 34.9 Å². The zero-order chi connectivity index (χ0) is 24.9. The summed E-state index contributed by atoms with van der Waals surface area (Å²) < 4.78 is 5.59. The van der Waals surface area contributed by atoms with Crippen molar-refractivity contribution in [2.75, 3.05) is 13.2 Å². The Hall–Kier alpha value is -3.35. The van der Waals surface area contributed by atoms with Gasteiger partial charge in [-0.15, -0.1) is 0 Å². The molecular formula is C28H34N2O5. The minimum absolute atomic E-state index is 0.0261. The number of carbonyl (C=O) groups excluding carboxylic acids is 2. The molecule has 0 saturated heterocycles. The van der Waals surface area contributed by atoms with E-state index in [4.69, 9.17) is 4.74 Å². The average molecular weight is 479 g/mol. The van der Waals surface area contributed by atoms with Crippen LogP contribution in [0.1, 0.15) is 56.6 Å². The number of amides is 2. The van der Waals surface area contributed by atoms with Crippen LogP contribution in [0.3, 0.4) is 0 Å². The first-order valence-corrected chi connectivity index (χ1v) is 12.5. The van der Waals surface area contributed by atoms with Crippen LogP contribution in [0, 0.1) is 17.8 Å². The van der Waals surface area contributed by atoms with Crippen LogP contribution in [0.5, 0.6) is 0 Å². The number of nitrogens with one attached hydrogen (secondary N) is 2. The third-order valence-electron chi connectivity index (χ3n) is 7.62. The predicted molar refractivity (Wildman–Crippen MR) is 133 cm³/mol. The highest BCUT2D eigenvalue weighted by Gasteiger charge is 2.32. The standard InChI is InChI=1S/C28H34N2O5/c1-17(26(31)29-15-19-9-3-4-10-20(19)27(32)33)18(2)30-28(34)35-16-25-23-13-7-5-11-21(23)22-12-6-8-14-24(22)25/h5-8,11-14,17-20,25H,3-4,9-10,15-16H2,1-2H3,(H,29,31)(H,30,34)(H,32,33)/t17?,18?,19-,20-/m0/s1. The minimum atomic E-state index is -0.790. The van der Waals surface area contributed by atoms with Crippen LogP contribution in [0.15, 0.2) is 48.5 Å². The maximum absolute atomic E-state index is 12.7. The Kier molecular flexibility index (Phi) is 7.73. The van der Waals surface area contributed by atoms with Gasteiger partial charge < -0.3 is 20.5 Å². The summed E-state index contributed by atoms with van der Waals surface area (Å²) in [6, 6.07) is 15.9. The van der Waals surface area contributed by atoms with E-state index in [-0.39, 0.29) is 24.3 Å². The Morgan fingerprint density at radius 2 is 1.57 bits per heavy atom. The third kappa shape index (κ3) is 5.50. The molecule has 4 atom stereocenters. The molecule has 3 N–H and O–H groups in total. The van der Waals surface area contributed by atoms with Crippen molar-refractivity contribution in [3.05, 3.63) is 59.7 Å². The normalized spacial score (nSPS) is 20.7. The van der Waals surface area contributed by atoms with Gasteiger partial charge in [-0.2, -0.15) is 0 Å². The van der Waals surface area contributed by atoms with Crippen LogP contribution in [-0.4, -0.2) is 42.3 Å². The third-order valence-corrected chi connectivity index (χ3v) is 7.62. The number of hydrogen-bond acceptors (Lipinski definition) is 4. The van der Waals surface area contributed by atoms with E-state index >= 15 is 0 Å². The second-order valence-corrected chi connectivity index (χ2v) is 9.78. The van der Waals surface area contributed by atoms with Crippen LogP contribution in [0.4, 0.5) is 4.79 Å². The van der Waals surface area contributed by atoms with E-state index < -0.39 is 29.9 Å². The van der Waals surface area contributed by atoms with Gasteiger partial charge in [0.05, 0.1) is 11.8 Å². The van der Waals surface area contributed by atoms with Gasteiger partial charge in [-0.05, 0) is 47.9 Å². The number of alkyl carbamates (subject to hydrolysis) is 1. The molecular weight excluding hydrogens is 444 g/mol. The number of aliphatic carboxylic acids is 1. The lowest BCUT2D eigenvalue weighted by molar-refractivity contribution is -0.145. The molecule has 0 aromatic heterocycles. The van der Waals surface area contributed by atoms with E-state index in [1.54, 1.807) is 13.8 Å². The zero-order valence-electron chi connectivity index (χ0n) is 20.3. The molecule has 0 heterocycles. The Balaban J connectivity index is 1.28.